The highest BCUT2D eigenvalue weighted by molar-refractivity contribution is 6.30. The van der Waals surface area contributed by atoms with Gasteiger partial charge in [0.25, 0.3) is 0 Å². The lowest BCUT2D eigenvalue weighted by molar-refractivity contribution is 0.00748. The van der Waals surface area contributed by atoms with E-state index >= 15 is 0 Å². The molecule has 1 saturated carbocycles. The van der Waals surface area contributed by atoms with Gasteiger partial charge in [-0.15, -0.1) is 0 Å². The van der Waals surface area contributed by atoms with Gasteiger partial charge in [-0.25, -0.2) is 4.39 Å². The fourth-order valence-electron chi connectivity index (χ4n) is 5.53. The summed E-state index contributed by atoms with van der Waals surface area (Å²) in [5.41, 5.74) is 4.52. The molecule has 1 atom stereocenters. The predicted octanol–water partition coefficient (Wildman–Crippen LogP) is 7.29. The second-order valence-corrected chi connectivity index (χ2v) is 10.0. The average Bonchev–Trinajstić information content (AvgIpc) is 2.78. The second-order valence-electron chi connectivity index (χ2n) is 9.59. The third-order valence-corrected chi connectivity index (χ3v) is 7.89. The molecule has 1 aromatic heterocycles. The van der Waals surface area contributed by atoms with Crippen LogP contribution in [0, 0.1) is 23.1 Å². The summed E-state index contributed by atoms with van der Waals surface area (Å²) in [6.07, 6.45) is 6.73. The molecule has 166 valence electrons. The maximum Gasteiger partial charge on any atom is 0.124 e. The molecule has 0 amide bonds. The summed E-state index contributed by atoms with van der Waals surface area (Å²) >= 11 is 5.99. The summed E-state index contributed by atoms with van der Waals surface area (Å²) in [6.45, 7) is 8.62. The standard InChI is InChI=1S/C27H29ClFN3/c1-18(19(2)31-23-6-3-21(28)4-7-23)20-16-27(17-20)10-13-32(14-11-27)26-9-12-30-25-8-5-22(29)15-24(25)26/h3-9,12,15,18,20,31H,2,10-11,13-14,16-17H2,1H3. The third-order valence-electron chi connectivity index (χ3n) is 7.64. The lowest BCUT2D eigenvalue weighted by atomic mass is 9.54. The smallest absolute Gasteiger partial charge is 0.124 e. The third kappa shape index (κ3) is 4.09. The largest absolute Gasteiger partial charge is 0.371 e. The first-order chi connectivity index (χ1) is 15.4. The Hall–Kier alpha value is -2.59. The molecule has 2 heterocycles. The minimum Gasteiger partial charge on any atom is -0.371 e. The van der Waals surface area contributed by atoms with Crippen LogP contribution >= 0.6 is 11.6 Å². The number of piperidine rings is 1. The molecule has 5 rings (SSSR count). The van der Waals surface area contributed by atoms with Gasteiger partial charge >= 0.3 is 0 Å². The number of nitrogens with one attached hydrogen (secondary N) is 1. The lowest BCUT2D eigenvalue weighted by Crippen LogP contribution is -2.49. The SMILES string of the molecule is C=C(Nc1ccc(Cl)cc1)C(C)C1CC2(CCN(c3ccnc4ccc(F)cc34)CC2)C1. The van der Waals surface area contributed by atoms with E-state index in [1.165, 1.54) is 31.7 Å². The molecule has 1 spiro atoms. The number of pyridine rings is 1. The van der Waals surface area contributed by atoms with Crippen molar-refractivity contribution >= 4 is 33.9 Å². The van der Waals surface area contributed by atoms with E-state index in [0.29, 0.717) is 17.3 Å². The number of hydrogen-bond donors (Lipinski definition) is 1. The molecular weight excluding hydrogens is 421 g/mol. The zero-order chi connectivity index (χ0) is 22.3. The van der Waals surface area contributed by atoms with Crippen LogP contribution in [0.5, 0.6) is 0 Å². The number of nitrogens with zero attached hydrogens (tertiary/aromatic N) is 2. The van der Waals surface area contributed by atoms with Crippen LogP contribution in [-0.4, -0.2) is 18.1 Å². The van der Waals surface area contributed by atoms with Crippen molar-refractivity contribution in [1.29, 1.82) is 0 Å². The van der Waals surface area contributed by atoms with Gasteiger partial charge in [0.05, 0.1) is 5.52 Å². The lowest BCUT2D eigenvalue weighted by Gasteiger charge is -2.54. The summed E-state index contributed by atoms with van der Waals surface area (Å²) < 4.78 is 13.8. The molecular formula is C27H29ClFN3. The number of hydrogen-bond acceptors (Lipinski definition) is 3. The van der Waals surface area contributed by atoms with E-state index < -0.39 is 0 Å². The van der Waals surface area contributed by atoms with E-state index in [0.717, 1.165) is 46.1 Å². The fraction of sp³-hybridized carbons (Fsp3) is 0.370. The number of fused-ring (bicyclic) bond motifs is 1. The van der Waals surface area contributed by atoms with E-state index in [-0.39, 0.29) is 5.82 Å². The van der Waals surface area contributed by atoms with Crippen LogP contribution in [0.1, 0.15) is 32.6 Å². The molecule has 1 aliphatic carbocycles. The fourth-order valence-corrected chi connectivity index (χ4v) is 5.66. The zero-order valence-corrected chi connectivity index (χ0v) is 19.2. The van der Waals surface area contributed by atoms with Gasteiger partial charge in [-0.05, 0) is 91.5 Å². The molecule has 2 aliphatic rings. The van der Waals surface area contributed by atoms with E-state index in [2.05, 4.69) is 28.7 Å². The molecule has 5 heteroatoms. The number of halogens is 2. The van der Waals surface area contributed by atoms with Crippen LogP contribution < -0.4 is 10.2 Å². The van der Waals surface area contributed by atoms with E-state index in [1.807, 2.05) is 36.5 Å². The quantitative estimate of drug-likeness (QED) is 0.443. The maximum absolute atomic E-state index is 13.8. The Labute approximate surface area is 194 Å². The van der Waals surface area contributed by atoms with Gasteiger partial charge in [-0.2, -0.15) is 0 Å². The highest BCUT2D eigenvalue weighted by Crippen LogP contribution is 2.56. The Balaban J connectivity index is 1.18. The summed E-state index contributed by atoms with van der Waals surface area (Å²) in [7, 11) is 0. The van der Waals surface area contributed by atoms with Crippen LogP contribution in [0.4, 0.5) is 15.8 Å². The molecule has 1 unspecified atom stereocenters. The molecule has 0 bridgehead atoms. The zero-order valence-electron chi connectivity index (χ0n) is 18.5. The van der Waals surface area contributed by atoms with Crippen molar-refractivity contribution in [2.75, 3.05) is 23.3 Å². The van der Waals surface area contributed by atoms with Crippen molar-refractivity contribution in [3.05, 3.63) is 77.8 Å². The number of rotatable bonds is 5. The van der Waals surface area contributed by atoms with Gasteiger partial charge < -0.3 is 10.2 Å². The minimum absolute atomic E-state index is 0.205. The van der Waals surface area contributed by atoms with Crippen LogP contribution in [0.2, 0.25) is 5.02 Å². The van der Waals surface area contributed by atoms with Crippen molar-refractivity contribution < 1.29 is 4.39 Å². The second kappa shape index (κ2) is 8.40. The van der Waals surface area contributed by atoms with Gasteiger partial charge in [0.1, 0.15) is 5.82 Å². The Bertz CT molecular complexity index is 1130. The highest BCUT2D eigenvalue weighted by Gasteiger charge is 2.47. The van der Waals surface area contributed by atoms with Gasteiger partial charge in [-0.3, -0.25) is 4.98 Å². The Morgan fingerprint density at radius 1 is 1.16 bits per heavy atom. The molecule has 2 aromatic carbocycles. The molecule has 3 nitrogen and oxygen atoms in total. The molecule has 1 N–H and O–H groups in total. The van der Waals surface area contributed by atoms with Gasteiger partial charge in [-0.1, -0.05) is 25.1 Å². The molecule has 0 radical (unpaired) electrons. The Morgan fingerprint density at radius 3 is 2.59 bits per heavy atom. The van der Waals surface area contributed by atoms with E-state index in [4.69, 9.17) is 11.6 Å². The van der Waals surface area contributed by atoms with Crippen LogP contribution in [0.15, 0.2) is 67.0 Å². The summed E-state index contributed by atoms with van der Waals surface area (Å²) in [5.74, 6) is 0.898. The molecule has 2 fully saturated rings. The molecule has 3 aromatic rings. The van der Waals surface area contributed by atoms with Crippen LogP contribution in [-0.2, 0) is 0 Å². The van der Waals surface area contributed by atoms with Gasteiger partial charge in [0.2, 0.25) is 0 Å². The normalized spacial score (nSPS) is 19.0. The summed E-state index contributed by atoms with van der Waals surface area (Å²) in [5, 5.41) is 5.11. The maximum atomic E-state index is 13.8. The first-order valence-corrected chi connectivity index (χ1v) is 11.8. The van der Waals surface area contributed by atoms with E-state index in [9.17, 15) is 4.39 Å². The first-order valence-electron chi connectivity index (χ1n) is 11.4. The monoisotopic (exact) mass is 449 g/mol. The van der Waals surface area contributed by atoms with E-state index in [1.54, 1.807) is 12.1 Å². The van der Waals surface area contributed by atoms with Crippen molar-refractivity contribution in [1.82, 2.24) is 4.98 Å². The van der Waals surface area contributed by atoms with Gasteiger partial charge in [0.15, 0.2) is 0 Å². The molecule has 1 aliphatic heterocycles. The average molecular weight is 450 g/mol. The van der Waals surface area contributed by atoms with Crippen molar-refractivity contribution in [3.8, 4) is 0 Å². The van der Waals surface area contributed by atoms with Crippen molar-refractivity contribution in [3.63, 3.8) is 0 Å². The van der Waals surface area contributed by atoms with Crippen molar-refractivity contribution in [2.24, 2.45) is 17.3 Å². The number of aromatic nitrogens is 1. The highest BCUT2D eigenvalue weighted by atomic mass is 35.5. The summed E-state index contributed by atoms with van der Waals surface area (Å²) in [4.78, 5) is 6.81. The Morgan fingerprint density at radius 2 is 1.88 bits per heavy atom. The van der Waals surface area contributed by atoms with Gasteiger partial charge in [0, 0.05) is 46.8 Å². The topological polar surface area (TPSA) is 28.2 Å². The number of anilines is 2. The first kappa shape index (κ1) is 21.3. The van der Waals surface area contributed by atoms with Crippen LogP contribution in [0.25, 0.3) is 10.9 Å². The predicted molar refractivity (Wildman–Crippen MR) is 132 cm³/mol. The molecule has 1 saturated heterocycles. The minimum atomic E-state index is -0.205. The summed E-state index contributed by atoms with van der Waals surface area (Å²) in [6, 6.07) is 14.7. The van der Waals surface area contributed by atoms with Crippen molar-refractivity contribution in [2.45, 2.75) is 32.6 Å². The number of benzene rings is 2. The number of allylic oxidation sites excluding steroid dienone is 1. The van der Waals surface area contributed by atoms with Crippen LogP contribution in [0.3, 0.4) is 0 Å². The Kier molecular flexibility index (Phi) is 5.58. The molecule has 32 heavy (non-hydrogen) atoms.